The van der Waals surface area contributed by atoms with Crippen LogP contribution < -0.4 is 5.32 Å². The third kappa shape index (κ3) is 5.57. The molecule has 0 heterocycles. The van der Waals surface area contributed by atoms with Crippen molar-refractivity contribution in [1.29, 1.82) is 0 Å². The van der Waals surface area contributed by atoms with Crippen LogP contribution in [0.25, 0.3) is 0 Å². The molecule has 15 heavy (non-hydrogen) atoms. The van der Waals surface area contributed by atoms with Gasteiger partial charge < -0.3 is 10.4 Å². The zero-order valence-electron chi connectivity index (χ0n) is 10.2. The molecule has 2 unspecified atom stereocenters. The van der Waals surface area contributed by atoms with Gasteiger partial charge in [-0.05, 0) is 19.3 Å². The first-order valence-corrected chi connectivity index (χ1v) is 5.68. The second-order valence-corrected chi connectivity index (χ2v) is 3.97. The Balaban J connectivity index is 4.00. The Morgan fingerprint density at radius 3 is 2.40 bits per heavy atom. The molecule has 2 N–H and O–H groups in total. The first-order valence-electron chi connectivity index (χ1n) is 5.68. The Kier molecular flexibility index (Phi) is 7.05. The van der Waals surface area contributed by atoms with Gasteiger partial charge in [-0.15, -0.1) is 0 Å². The minimum atomic E-state index is -0.810. The zero-order valence-corrected chi connectivity index (χ0v) is 10.2. The van der Waals surface area contributed by atoms with Gasteiger partial charge in [-0.1, -0.05) is 33.3 Å². The molecular weight excluding hydrogens is 190 g/mol. The van der Waals surface area contributed by atoms with Gasteiger partial charge in [0.25, 0.3) is 0 Å². The molecule has 0 aromatic rings. The Bertz CT molecular complexity index is 224. The maximum absolute atomic E-state index is 10.7. The van der Waals surface area contributed by atoms with Crippen LogP contribution in [0.4, 0.5) is 0 Å². The number of hydrogen-bond acceptors (Lipinski definition) is 2. The van der Waals surface area contributed by atoms with Crippen molar-refractivity contribution in [2.45, 2.75) is 46.6 Å². The molecule has 0 bridgehead atoms. The fourth-order valence-electron chi connectivity index (χ4n) is 1.31. The molecule has 0 saturated heterocycles. The monoisotopic (exact) mass is 213 g/mol. The predicted octanol–water partition coefficient (Wildman–Crippen LogP) is 2.43. The number of aliphatic carboxylic acids is 1. The van der Waals surface area contributed by atoms with Gasteiger partial charge in [-0.2, -0.15) is 0 Å². The molecule has 0 aromatic carbocycles. The van der Waals surface area contributed by atoms with Crippen LogP contribution >= 0.6 is 0 Å². The number of nitrogens with one attached hydrogen (secondary N) is 1. The normalized spacial score (nSPS) is 16.1. The summed E-state index contributed by atoms with van der Waals surface area (Å²) in [4.78, 5) is 10.7. The Hall–Kier alpha value is -0.830. The second-order valence-electron chi connectivity index (χ2n) is 3.97. The van der Waals surface area contributed by atoms with Crippen molar-refractivity contribution in [3.8, 4) is 0 Å². The largest absolute Gasteiger partial charge is 0.478 e. The molecule has 2 atom stereocenters. The predicted molar refractivity (Wildman–Crippen MR) is 62.9 cm³/mol. The van der Waals surface area contributed by atoms with E-state index < -0.39 is 5.97 Å². The van der Waals surface area contributed by atoms with Crippen molar-refractivity contribution < 1.29 is 9.90 Å². The first-order chi connectivity index (χ1) is 7.02. The van der Waals surface area contributed by atoms with E-state index in [0.717, 1.165) is 6.42 Å². The number of carbonyl (C=O) groups is 1. The van der Waals surface area contributed by atoms with Crippen LogP contribution in [0.2, 0.25) is 0 Å². The summed E-state index contributed by atoms with van der Waals surface area (Å²) in [5.41, 5.74) is 0.485. The van der Waals surface area contributed by atoms with E-state index in [1.807, 2.05) is 6.92 Å². The highest BCUT2D eigenvalue weighted by atomic mass is 16.4. The number of carboxylic acid groups (broad SMARTS) is 1. The number of carboxylic acids is 1. The molecule has 0 fully saturated rings. The van der Waals surface area contributed by atoms with Gasteiger partial charge in [0.2, 0.25) is 0 Å². The van der Waals surface area contributed by atoms with Crippen molar-refractivity contribution in [2.24, 2.45) is 5.92 Å². The highest BCUT2D eigenvalue weighted by Crippen LogP contribution is 2.06. The minimum Gasteiger partial charge on any atom is -0.478 e. The van der Waals surface area contributed by atoms with Crippen LogP contribution in [0.15, 0.2) is 11.6 Å². The number of rotatable bonds is 7. The standard InChI is InChI=1S/C12H23NO2/c1-5-9(3)10(4)13-8-7-11(6-2)12(14)15/h7,9-10,13H,5-6,8H2,1-4H3,(H,14,15)/b11-7-. The smallest absolute Gasteiger partial charge is 0.331 e. The summed E-state index contributed by atoms with van der Waals surface area (Å²) in [7, 11) is 0. The lowest BCUT2D eigenvalue weighted by atomic mass is 10.0. The molecule has 88 valence electrons. The van der Waals surface area contributed by atoms with Crippen LogP contribution in [0.5, 0.6) is 0 Å². The molecule has 0 rings (SSSR count). The Morgan fingerprint density at radius 1 is 1.40 bits per heavy atom. The van der Waals surface area contributed by atoms with Crippen molar-refractivity contribution in [2.75, 3.05) is 6.54 Å². The highest BCUT2D eigenvalue weighted by Gasteiger charge is 2.08. The average molecular weight is 213 g/mol. The minimum absolute atomic E-state index is 0.429. The Morgan fingerprint density at radius 2 is 2.00 bits per heavy atom. The van der Waals surface area contributed by atoms with Gasteiger partial charge in [0.15, 0.2) is 0 Å². The zero-order chi connectivity index (χ0) is 11.8. The quantitative estimate of drug-likeness (QED) is 0.639. The fraction of sp³-hybridized carbons (Fsp3) is 0.750. The summed E-state index contributed by atoms with van der Waals surface area (Å²) >= 11 is 0. The van der Waals surface area contributed by atoms with Gasteiger partial charge >= 0.3 is 5.97 Å². The van der Waals surface area contributed by atoms with E-state index in [9.17, 15) is 4.79 Å². The third-order valence-corrected chi connectivity index (χ3v) is 2.94. The van der Waals surface area contributed by atoms with E-state index in [4.69, 9.17) is 5.11 Å². The highest BCUT2D eigenvalue weighted by molar-refractivity contribution is 5.86. The molecule has 0 amide bonds. The average Bonchev–Trinajstić information content (AvgIpc) is 2.22. The van der Waals surface area contributed by atoms with E-state index in [1.54, 1.807) is 6.08 Å². The molecule has 0 aliphatic heterocycles. The lowest BCUT2D eigenvalue weighted by Crippen LogP contribution is -2.32. The van der Waals surface area contributed by atoms with Crippen molar-refractivity contribution in [1.82, 2.24) is 5.32 Å². The molecule has 0 aliphatic rings. The maximum atomic E-state index is 10.7. The van der Waals surface area contributed by atoms with E-state index in [2.05, 4.69) is 26.1 Å². The van der Waals surface area contributed by atoms with E-state index >= 15 is 0 Å². The van der Waals surface area contributed by atoms with Crippen LogP contribution in [0, 0.1) is 5.92 Å². The molecule has 0 aliphatic carbocycles. The lowest BCUT2D eigenvalue weighted by molar-refractivity contribution is -0.132. The van der Waals surface area contributed by atoms with Crippen LogP contribution in [0.1, 0.15) is 40.5 Å². The SMILES string of the molecule is CC/C(=C/CNC(C)C(C)CC)C(=O)O. The summed E-state index contributed by atoms with van der Waals surface area (Å²) in [5, 5.41) is 12.1. The van der Waals surface area contributed by atoms with Gasteiger partial charge in [0.05, 0.1) is 0 Å². The first kappa shape index (κ1) is 14.2. The van der Waals surface area contributed by atoms with E-state index in [-0.39, 0.29) is 0 Å². The van der Waals surface area contributed by atoms with Gasteiger partial charge in [-0.3, -0.25) is 0 Å². The summed E-state index contributed by atoms with van der Waals surface area (Å²) in [6.45, 7) is 8.99. The van der Waals surface area contributed by atoms with Gasteiger partial charge in [0, 0.05) is 18.2 Å². The second kappa shape index (κ2) is 7.46. The van der Waals surface area contributed by atoms with Crippen LogP contribution in [-0.4, -0.2) is 23.7 Å². The summed E-state index contributed by atoms with van der Waals surface area (Å²) in [6.07, 6.45) is 3.48. The summed E-state index contributed by atoms with van der Waals surface area (Å²) in [5.74, 6) is -0.191. The molecule has 3 nitrogen and oxygen atoms in total. The van der Waals surface area contributed by atoms with E-state index in [1.165, 1.54) is 0 Å². The maximum Gasteiger partial charge on any atom is 0.331 e. The molecule has 0 aromatic heterocycles. The molecule has 0 saturated carbocycles. The molecule has 3 heteroatoms. The lowest BCUT2D eigenvalue weighted by Gasteiger charge is -2.18. The molecule has 0 radical (unpaired) electrons. The van der Waals surface area contributed by atoms with E-state index in [0.29, 0.717) is 30.5 Å². The summed E-state index contributed by atoms with van der Waals surface area (Å²) in [6, 6.07) is 0.429. The van der Waals surface area contributed by atoms with Gasteiger partial charge in [-0.25, -0.2) is 4.79 Å². The molecule has 0 spiro atoms. The van der Waals surface area contributed by atoms with Crippen molar-refractivity contribution in [3.05, 3.63) is 11.6 Å². The van der Waals surface area contributed by atoms with Crippen LogP contribution in [0.3, 0.4) is 0 Å². The van der Waals surface area contributed by atoms with Crippen molar-refractivity contribution >= 4 is 5.97 Å². The topological polar surface area (TPSA) is 49.3 Å². The summed E-state index contributed by atoms with van der Waals surface area (Å²) < 4.78 is 0. The molecular formula is C12H23NO2. The van der Waals surface area contributed by atoms with Crippen molar-refractivity contribution in [3.63, 3.8) is 0 Å². The third-order valence-electron chi connectivity index (χ3n) is 2.94. The Labute approximate surface area is 92.6 Å². The van der Waals surface area contributed by atoms with Crippen LogP contribution in [-0.2, 0) is 4.79 Å². The fourth-order valence-corrected chi connectivity index (χ4v) is 1.31. The number of hydrogen-bond donors (Lipinski definition) is 2. The van der Waals surface area contributed by atoms with Gasteiger partial charge in [0.1, 0.15) is 0 Å².